The van der Waals surface area contributed by atoms with Gasteiger partial charge in [-0.1, -0.05) is 13.8 Å². The van der Waals surface area contributed by atoms with Gasteiger partial charge in [0, 0.05) is 29.6 Å². The lowest BCUT2D eigenvalue weighted by Gasteiger charge is -2.09. The molecule has 0 saturated heterocycles. The van der Waals surface area contributed by atoms with Crippen LogP contribution in [0.3, 0.4) is 0 Å². The van der Waals surface area contributed by atoms with E-state index in [1.54, 1.807) is 6.20 Å². The van der Waals surface area contributed by atoms with Crippen LogP contribution in [0.2, 0.25) is 0 Å². The van der Waals surface area contributed by atoms with E-state index < -0.39 is 0 Å². The molecule has 0 bridgehead atoms. The van der Waals surface area contributed by atoms with Gasteiger partial charge in [-0.2, -0.15) is 5.26 Å². The molecule has 4 nitrogen and oxygen atoms in total. The smallest absolute Gasteiger partial charge is 0.160 e. The molecule has 5 heteroatoms. The van der Waals surface area contributed by atoms with Gasteiger partial charge in [-0.15, -0.1) is 0 Å². The van der Waals surface area contributed by atoms with Crippen molar-refractivity contribution in [3.63, 3.8) is 0 Å². The summed E-state index contributed by atoms with van der Waals surface area (Å²) in [7, 11) is 0. The highest BCUT2D eigenvalue weighted by Crippen LogP contribution is 2.23. The molecule has 0 aromatic carbocycles. The minimum atomic E-state index is 0.347. The Kier molecular flexibility index (Phi) is 3.97. The molecule has 2 aromatic heterocycles. The Morgan fingerprint density at radius 3 is 2.94 bits per heavy atom. The maximum absolute atomic E-state index is 8.63. The summed E-state index contributed by atoms with van der Waals surface area (Å²) in [6, 6.07) is 4.16. The molecule has 0 unspecified atom stereocenters. The number of aryl methyl sites for hydroxylation is 1. The highest BCUT2D eigenvalue weighted by Gasteiger charge is 2.14. The molecule has 2 rings (SSSR count). The molecule has 18 heavy (non-hydrogen) atoms. The largest absolute Gasteiger partial charge is 0.312 e. The second-order valence-corrected chi connectivity index (χ2v) is 5.45. The zero-order chi connectivity index (χ0) is 13.1. The normalized spacial score (nSPS) is 11.1. The summed E-state index contributed by atoms with van der Waals surface area (Å²) in [5.74, 6) is 1.38. The Labute approximate surface area is 115 Å². The topological polar surface area (TPSA) is 54.5 Å². The molecule has 94 valence electrons. The zero-order valence-corrected chi connectivity index (χ0v) is 12.1. The quantitative estimate of drug-likeness (QED) is 0.811. The molecule has 0 atom stereocenters. The second kappa shape index (κ2) is 5.49. The number of fused-ring (bicyclic) bond motifs is 1. The fourth-order valence-corrected chi connectivity index (χ4v) is 2.30. The molecule has 0 aliphatic carbocycles. The van der Waals surface area contributed by atoms with Crippen LogP contribution < -0.4 is 0 Å². The number of nitrogens with zero attached hydrogens (tertiary/aromatic N) is 4. The maximum atomic E-state index is 8.63. The lowest BCUT2D eigenvalue weighted by Crippen LogP contribution is -2.06. The van der Waals surface area contributed by atoms with E-state index in [9.17, 15) is 0 Å². The first-order valence-corrected chi connectivity index (χ1v) is 6.81. The fourth-order valence-electron chi connectivity index (χ4n) is 1.98. The molecule has 0 N–H and O–H groups in total. The Hall–Kier alpha value is -1.41. The Morgan fingerprint density at radius 2 is 2.28 bits per heavy atom. The van der Waals surface area contributed by atoms with E-state index in [2.05, 4.69) is 50.4 Å². The molecule has 2 aromatic rings. The van der Waals surface area contributed by atoms with Crippen LogP contribution in [0.5, 0.6) is 0 Å². The van der Waals surface area contributed by atoms with Gasteiger partial charge in [0.1, 0.15) is 11.3 Å². The van der Waals surface area contributed by atoms with E-state index in [-0.39, 0.29) is 0 Å². The predicted molar refractivity (Wildman–Crippen MR) is 74.2 cm³/mol. The minimum Gasteiger partial charge on any atom is -0.312 e. The second-order valence-electron chi connectivity index (χ2n) is 4.53. The Bertz CT molecular complexity index is 595. The van der Waals surface area contributed by atoms with Crippen molar-refractivity contribution in [1.82, 2.24) is 14.5 Å². The average molecular weight is 307 g/mol. The number of nitriles is 1. The van der Waals surface area contributed by atoms with E-state index in [1.807, 2.05) is 6.07 Å². The molecule has 0 saturated carbocycles. The SMILES string of the molecule is CC(C)c1nc2cc(Br)cnc2n1CCCC#N. The van der Waals surface area contributed by atoms with Crippen molar-refractivity contribution in [2.24, 2.45) is 0 Å². The van der Waals surface area contributed by atoms with Crippen molar-refractivity contribution in [2.75, 3.05) is 0 Å². The zero-order valence-electron chi connectivity index (χ0n) is 10.5. The van der Waals surface area contributed by atoms with Gasteiger partial charge in [-0.05, 0) is 28.4 Å². The van der Waals surface area contributed by atoms with Crippen molar-refractivity contribution < 1.29 is 0 Å². The summed E-state index contributed by atoms with van der Waals surface area (Å²) in [6.07, 6.45) is 3.18. The number of imidazole rings is 1. The summed E-state index contributed by atoms with van der Waals surface area (Å²) < 4.78 is 3.07. The third kappa shape index (κ3) is 2.54. The molecule has 0 aliphatic rings. The summed E-state index contributed by atoms with van der Waals surface area (Å²) in [5, 5.41) is 8.63. The number of unbranched alkanes of at least 4 members (excludes halogenated alkanes) is 1. The highest BCUT2D eigenvalue weighted by atomic mass is 79.9. The highest BCUT2D eigenvalue weighted by molar-refractivity contribution is 9.10. The van der Waals surface area contributed by atoms with Crippen LogP contribution in [0.25, 0.3) is 11.2 Å². The average Bonchev–Trinajstić information content (AvgIpc) is 2.68. The van der Waals surface area contributed by atoms with Gasteiger partial charge in [-0.25, -0.2) is 9.97 Å². The van der Waals surface area contributed by atoms with Crippen LogP contribution >= 0.6 is 15.9 Å². The van der Waals surface area contributed by atoms with Crippen LogP contribution in [-0.2, 0) is 6.54 Å². The van der Waals surface area contributed by atoms with Crippen LogP contribution in [-0.4, -0.2) is 14.5 Å². The van der Waals surface area contributed by atoms with Crippen molar-refractivity contribution in [1.29, 1.82) is 5.26 Å². The number of rotatable bonds is 4. The predicted octanol–water partition coefficient (Wildman–Crippen LogP) is 3.62. The molecular weight excluding hydrogens is 292 g/mol. The lowest BCUT2D eigenvalue weighted by atomic mass is 10.2. The van der Waals surface area contributed by atoms with Crippen LogP contribution in [0.4, 0.5) is 0 Å². The van der Waals surface area contributed by atoms with E-state index in [0.717, 1.165) is 34.4 Å². The molecule has 0 aliphatic heterocycles. The third-order valence-corrected chi connectivity index (χ3v) is 3.20. The third-order valence-electron chi connectivity index (χ3n) is 2.77. The first-order valence-electron chi connectivity index (χ1n) is 6.02. The van der Waals surface area contributed by atoms with Gasteiger partial charge in [0.15, 0.2) is 5.65 Å². The van der Waals surface area contributed by atoms with Crippen LogP contribution in [0, 0.1) is 11.3 Å². The standard InChI is InChI=1S/C13H15BrN4/c1-9(2)12-17-11-7-10(14)8-16-13(11)18(12)6-4-3-5-15/h7-9H,3-4,6H2,1-2H3. The van der Waals surface area contributed by atoms with Crippen molar-refractivity contribution in [2.45, 2.75) is 39.2 Å². The first-order chi connectivity index (χ1) is 8.63. The van der Waals surface area contributed by atoms with Gasteiger partial charge in [0.05, 0.1) is 6.07 Å². The number of pyridine rings is 1. The summed E-state index contributed by atoms with van der Waals surface area (Å²) in [5.41, 5.74) is 1.81. The van der Waals surface area contributed by atoms with Crippen LogP contribution in [0.15, 0.2) is 16.7 Å². The van der Waals surface area contributed by atoms with Gasteiger partial charge in [0.25, 0.3) is 0 Å². The lowest BCUT2D eigenvalue weighted by molar-refractivity contribution is 0.605. The first kappa shape index (κ1) is 13.0. The number of aromatic nitrogens is 3. The number of hydrogen-bond acceptors (Lipinski definition) is 3. The van der Waals surface area contributed by atoms with Gasteiger partial charge in [-0.3, -0.25) is 0 Å². The molecule has 0 amide bonds. The molecule has 2 heterocycles. The Balaban J connectivity index is 2.46. The molecule has 0 fully saturated rings. The van der Waals surface area contributed by atoms with E-state index in [1.165, 1.54) is 0 Å². The van der Waals surface area contributed by atoms with Gasteiger partial charge in [0.2, 0.25) is 0 Å². The van der Waals surface area contributed by atoms with Gasteiger partial charge >= 0.3 is 0 Å². The Morgan fingerprint density at radius 1 is 1.50 bits per heavy atom. The maximum Gasteiger partial charge on any atom is 0.160 e. The van der Waals surface area contributed by atoms with Gasteiger partial charge < -0.3 is 4.57 Å². The van der Waals surface area contributed by atoms with Crippen LogP contribution in [0.1, 0.15) is 38.4 Å². The van der Waals surface area contributed by atoms with Crippen molar-refractivity contribution >= 4 is 27.1 Å². The van der Waals surface area contributed by atoms with Crippen molar-refractivity contribution in [3.8, 4) is 6.07 Å². The fraction of sp³-hybridized carbons (Fsp3) is 0.462. The van der Waals surface area contributed by atoms with E-state index in [0.29, 0.717) is 12.3 Å². The molecule has 0 radical (unpaired) electrons. The summed E-state index contributed by atoms with van der Waals surface area (Å²) >= 11 is 3.41. The van der Waals surface area contributed by atoms with Crippen molar-refractivity contribution in [3.05, 3.63) is 22.6 Å². The van der Waals surface area contributed by atoms with E-state index in [4.69, 9.17) is 5.26 Å². The monoisotopic (exact) mass is 306 g/mol. The molecular formula is C13H15BrN4. The number of hydrogen-bond donors (Lipinski definition) is 0. The summed E-state index contributed by atoms with van der Waals surface area (Å²) in [6.45, 7) is 5.04. The minimum absolute atomic E-state index is 0.347. The number of halogens is 1. The molecule has 0 spiro atoms. The summed E-state index contributed by atoms with van der Waals surface area (Å²) in [4.78, 5) is 9.07. The van der Waals surface area contributed by atoms with E-state index >= 15 is 0 Å².